The van der Waals surface area contributed by atoms with Crippen molar-refractivity contribution in [3.05, 3.63) is 64.1 Å². The average Bonchev–Trinajstić information content (AvgIpc) is 2.79. The Morgan fingerprint density at radius 2 is 1.78 bits per heavy atom. The van der Waals surface area contributed by atoms with Crippen LogP contribution in [0.5, 0.6) is 0 Å². The van der Waals surface area contributed by atoms with Gasteiger partial charge in [0.05, 0.1) is 17.5 Å². The molecule has 0 saturated heterocycles. The van der Waals surface area contributed by atoms with Crippen molar-refractivity contribution in [2.75, 3.05) is 23.7 Å². The van der Waals surface area contributed by atoms with Crippen LogP contribution in [0.3, 0.4) is 0 Å². The third-order valence-electron chi connectivity index (χ3n) is 5.38. The van der Waals surface area contributed by atoms with Crippen molar-refractivity contribution in [1.82, 2.24) is 10.2 Å². The number of anilines is 1. The van der Waals surface area contributed by atoms with Crippen molar-refractivity contribution in [2.45, 2.75) is 45.5 Å². The maximum absolute atomic E-state index is 13.4. The summed E-state index contributed by atoms with van der Waals surface area (Å²) in [5.74, 6) is -1.16. The average molecular weight is 592 g/mol. The second-order valence-corrected chi connectivity index (χ2v) is 11.1. The molecule has 0 aromatic heterocycles. The highest BCUT2D eigenvalue weighted by atomic mass is 79.9. The van der Waals surface area contributed by atoms with Crippen LogP contribution in [0.4, 0.5) is 18.9 Å². The molecule has 0 radical (unpaired) electrons. The Labute approximate surface area is 217 Å². The minimum atomic E-state index is -4.69. The van der Waals surface area contributed by atoms with Gasteiger partial charge in [-0.1, -0.05) is 47.5 Å². The number of nitrogens with one attached hydrogen (secondary N) is 1. The first kappa shape index (κ1) is 29.6. The maximum Gasteiger partial charge on any atom is 0.416 e. The van der Waals surface area contributed by atoms with Crippen molar-refractivity contribution < 1.29 is 31.2 Å². The Morgan fingerprint density at radius 3 is 2.36 bits per heavy atom. The standard InChI is InChI=1S/C24H29BrF3N3O4S/c1-4-5-12-29-23(33)17(2)30(15-18-8-6-10-20(25)13-18)22(32)16-31(36(3,34)35)21-11-7-9-19(14-21)24(26,27)28/h6-11,13-14,17H,4-5,12,15-16H2,1-3H3,(H,29,33)/t17-/m1/s1. The smallest absolute Gasteiger partial charge is 0.354 e. The number of halogens is 4. The molecule has 0 heterocycles. The van der Waals surface area contributed by atoms with Gasteiger partial charge in [0.2, 0.25) is 21.8 Å². The van der Waals surface area contributed by atoms with Gasteiger partial charge in [-0.3, -0.25) is 13.9 Å². The summed E-state index contributed by atoms with van der Waals surface area (Å²) >= 11 is 3.35. The number of nitrogens with zero attached hydrogens (tertiary/aromatic N) is 2. The van der Waals surface area contributed by atoms with E-state index < -0.39 is 46.2 Å². The van der Waals surface area contributed by atoms with E-state index >= 15 is 0 Å². The van der Waals surface area contributed by atoms with Gasteiger partial charge in [-0.05, 0) is 49.2 Å². The lowest BCUT2D eigenvalue weighted by atomic mass is 10.1. The van der Waals surface area contributed by atoms with E-state index in [2.05, 4.69) is 21.2 Å². The number of benzene rings is 2. The summed E-state index contributed by atoms with van der Waals surface area (Å²) in [6.07, 6.45) is -2.29. The lowest BCUT2D eigenvalue weighted by molar-refractivity contribution is -0.139. The van der Waals surface area contributed by atoms with Crippen LogP contribution in [0.15, 0.2) is 53.0 Å². The molecular weight excluding hydrogens is 563 g/mol. The van der Waals surface area contributed by atoms with Crippen molar-refractivity contribution in [2.24, 2.45) is 0 Å². The largest absolute Gasteiger partial charge is 0.416 e. The fourth-order valence-corrected chi connectivity index (χ4v) is 4.69. The van der Waals surface area contributed by atoms with Crippen LogP contribution in [-0.2, 0) is 32.3 Å². The second-order valence-electron chi connectivity index (χ2n) is 8.29. The Hall–Kier alpha value is -2.60. The van der Waals surface area contributed by atoms with Gasteiger partial charge in [0, 0.05) is 17.6 Å². The number of alkyl halides is 3. The molecule has 198 valence electrons. The number of unbranched alkanes of at least 4 members (excludes halogenated alkanes) is 1. The number of hydrogen-bond acceptors (Lipinski definition) is 4. The summed E-state index contributed by atoms with van der Waals surface area (Å²) in [4.78, 5) is 27.4. The minimum absolute atomic E-state index is 0.0131. The van der Waals surface area contributed by atoms with Crippen LogP contribution in [-0.4, -0.2) is 50.5 Å². The van der Waals surface area contributed by atoms with E-state index in [1.165, 1.54) is 17.9 Å². The summed E-state index contributed by atoms with van der Waals surface area (Å²) in [6.45, 7) is 3.11. The topological polar surface area (TPSA) is 86.8 Å². The van der Waals surface area contributed by atoms with E-state index in [9.17, 15) is 31.2 Å². The summed E-state index contributed by atoms with van der Waals surface area (Å²) in [5.41, 5.74) is -0.671. The van der Waals surface area contributed by atoms with Gasteiger partial charge in [-0.2, -0.15) is 13.2 Å². The van der Waals surface area contributed by atoms with Crippen LogP contribution in [0, 0.1) is 0 Å². The second kappa shape index (κ2) is 12.6. The van der Waals surface area contributed by atoms with Gasteiger partial charge in [0.25, 0.3) is 0 Å². The Morgan fingerprint density at radius 1 is 1.11 bits per heavy atom. The Balaban J connectivity index is 2.41. The normalized spacial score (nSPS) is 12.6. The van der Waals surface area contributed by atoms with E-state index in [1.807, 2.05) is 6.92 Å². The number of carbonyl (C=O) groups is 2. The predicted molar refractivity (Wildman–Crippen MR) is 136 cm³/mol. The molecule has 0 fully saturated rings. The molecule has 0 bridgehead atoms. The summed E-state index contributed by atoms with van der Waals surface area (Å²) < 4.78 is 66.1. The highest BCUT2D eigenvalue weighted by Crippen LogP contribution is 2.32. The molecule has 2 aromatic carbocycles. The lowest BCUT2D eigenvalue weighted by Gasteiger charge is -2.31. The molecule has 0 aliphatic heterocycles. The van der Waals surface area contributed by atoms with E-state index in [0.717, 1.165) is 35.7 Å². The van der Waals surface area contributed by atoms with Gasteiger partial charge in [0.1, 0.15) is 12.6 Å². The maximum atomic E-state index is 13.4. The number of hydrogen-bond donors (Lipinski definition) is 1. The predicted octanol–water partition coefficient (Wildman–Crippen LogP) is 4.57. The molecule has 0 unspecified atom stereocenters. The molecule has 0 aliphatic rings. The summed E-state index contributed by atoms with van der Waals surface area (Å²) in [6, 6.07) is 9.82. The molecule has 2 amide bonds. The molecule has 1 atom stereocenters. The number of amides is 2. The van der Waals surface area contributed by atoms with Gasteiger partial charge in [-0.25, -0.2) is 8.42 Å². The van der Waals surface area contributed by atoms with Crippen LogP contribution < -0.4 is 9.62 Å². The Kier molecular flexibility index (Phi) is 10.4. The van der Waals surface area contributed by atoms with Crippen molar-refractivity contribution in [3.8, 4) is 0 Å². The molecule has 0 saturated carbocycles. The van der Waals surface area contributed by atoms with E-state index in [0.29, 0.717) is 22.5 Å². The van der Waals surface area contributed by atoms with Gasteiger partial charge >= 0.3 is 6.18 Å². The SMILES string of the molecule is CCCCNC(=O)[C@@H](C)N(Cc1cccc(Br)c1)C(=O)CN(c1cccc(C(F)(F)F)c1)S(C)(=O)=O. The van der Waals surface area contributed by atoms with Crippen LogP contribution in [0.1, 0.15) is 37.8 Å². The third-order valence-corrected chi connectivity index (χ3v) is 7.01. The molecule has 7 nitrogen and oxygen atoms in total. The number of carbonyl (C=O) groups excluding carboxylic acids is 2. The highest BCUT2D eigenvalue weighted by Gasteiger charge is 2.33. The molecule has 0 spiro atoms. The molecule has 2 aromatic rings. The van der Waals surface area contributed by atoms with Gasteiger partial charge in [0.15, 0.2) is 0 Å². The van der Waals surface area contributed by atoms with Crippen LogP contribution >= 0.6 is 15.9 Å². The third kappa shape index (κ3) is 8.51. The first-order chi connectivity index (χ1) is 16.7. The highest BCUT2D eigenvalue weighted by molar-refractivity contribution is 9.10. The first-order valence-corrected chi connectivity index (χ1v) is 13.8. The number of sulfonamides is 1. The zero-order chi connectivity index (χ0) is 27.1. The van der Waals surface area contributed by atoms with Gasteiger partial charge < -0.3 is 10.2 Å². The summed E-state index contributed by atoms with van der Waals surface area (Å²) in [5, 5.41) is 2.76. The van der Waals surface area contributed by atoms with Gasteiger partial charge in [-0.15, -0.1) is 0 Å². The molecular formula is C24H29BrF3N3O4S. The van der Waals surface area contributed by atoms with Crippen molar-refractivity contribution in [1.29, 1.82) is 0 Å². The molecule has 1 N–H and O–H groups in total. The molecule has 0 aliphatic carbocycles. The zero-order valence-corrected chi connectivity index (χ0v) is 22.6. The lowest BCUT2D eigenvalue weighted by Crippen LogP contribution is -2.51. The Bertz CT molecular complexity index is 1180. The van der Waals surface area contributed by atoms with E-state index in [1.54, 1.807) is 24.3 Å². The van der Waals surface area contributed by atoms with E-state index in [-0.39, 0.29) is 12.2 Å². The van der Waals surface area contributed by atoms with Crippen LogP contribution in [0.25, 0.3) is 0 Å². The van der Waals surface area contributed by atoms with Crippen molar-refractivity contribution in [3.63, 3.8) is 0 Å². The fourth-order valence-electron chi connectivity index (χ4n) is 3.40. The molecule has 2 rings (SSSR count). The van der Waals surface area contributed by atoms with E-state index in [4.69, 9.17) is 0 Å². The van der Waals surface area contributed by atoms with Crippen LogP contribution in [0.2, 0.25) is 0 Å². The molecule has 12 heteroatoms. The first-order valence-electron chi connectivity index (χ1n) is 11.2. The molecule has 36 heavy (non-hydrogen) atoms. The van der Waals surface area contributed by atoms with Crippen molar-refractivity contribution >= 4 is 43.5 Å². The number of rotatable bonds is 11. The monoisotopic (exact) mass is 591 g/mol. The minimum Gasteiger partial charge on any atom is -0.354 e. The zero-order valence-electron chi connectivity index (χ0n) is 20.2. The summed E-state index contributed by atoms with van der Waals surface area (Å²) in [7, 11) is -4.14. The fraction of sp³-hybridized carbons (Fsp3) is 0.417. The quantitative estimate of drug-likeness (QED) is 0.388.